The van der Waals surface area contributed by atoms with Crippen molar-refractivity contribution in [3.63, 3.8) is 0 Å². The number of carbonyl (C=O) groups is 1. The average molecular weight is 443 g/mol. The van der Waals surface area contributed by atoms with E-state index < -0.39 is 5.41 Å². The van der Waals surface area contributed by atoms with Crippen molar-refractivity contribution in [1.29, 1.82) is 0 Å². The molecule has 1 amide bonds. The van der Waals surface area contributed by atoms with Gasteiger partial charge in [-0.3, -0.25) is 14.7 Å². The molecule has 4 rings (SSSR count). The Labute approximate surface area is 181 Å². The summed E-state index contributed by atoms with van der Waals surface area (Å²) in [7, 11) is 0. The summed E-state index contributed by atoms with van der Waals surface area (Å²) in [5.41, 5.74) is 1.67. The Morgan fingerprint density at radius 1 is 1.23 bits per heavy atom. The molecule has 2 N–H and O–H groups in total. The van der Waals surface area contributed by atoms with Crippen LogP contribution in [-0.2, 0) is 17.0 Å². The van der Waals surface area contributed by atoms with Crippen molar-refractivity contribution in [3.8, 4) is 0 Å². The van der Waals surface area contributed by atoms with Gasteiger partial charge < -0.3 is 5.32 Å². The second kappa shape index (κ2) is 7.84. The number of hydrogen-bond acceptors (Lipinski definition) is 7. The summed E-state index contributed by atoms with van der Waals surface area (Å²) in [4.78, 5) is 37.9. The molecular formula is C20H22N6O2S2. The molecule has 0 spiro atoms. The van der Waals surface area contributed by atoms with Gasteiger partial charge in [-0.05, 0) is 18.2 Å². The number of H-pyrrole nitrogens is 1. The summed E-state index contributed by atoms with van der Waals surface area (Å²) in [6.07, 6.45) is 0.705. The number of fused-ring (bicyclic) bond motifs is 2. The lowest BCUT2D eigenvalue weighted by Crippen LogP contribution is -2.27. The SMILES string of the molecule is CCc1nc2nc(CSc3nc4ccc(NC(=O)C(C)(C)C)cc4s3)cc(=O)n2[nH]1. The Kier molecular flexibility index (Phi) is 5.37. The van der Waals surface area contributed by atoms with Crippen molar-refractivity contribution in [2.75, 3.05) is 5.32 Å². The highest BCUT2D eigenvalue weighted by molar-refractivity contribution is 8.00. The number of rotatable bonds is 5. The fourth-order valence-electron chi connectivity index (χ4n) is 2.70. The summed E-state index contributed by atoms with van der Waals surface area (Å²) < 4.78 is 3.23. The number of benzene rings is 1. The Balaban J connectivity index is 1.51. The van der Waals surface area contributed by atoms with Gasteiger partial charge in [0.15, 0.2) is 4.34 Å². The zero-order valence-corrected chi connectivity index (χ0v) is 18.8. The van der Waals surface area contributed by atoms with E-state index in [1.165, 1.54) is 22.3 Å². The van der Waals surface area contributed by atoms with E-state index in [-0.39, 0.29) is 11.5 Å². The van der Waals surface area contributed by atoms with Gasteiger partial charge in [0.25, 0.3) is 11.3 Å². The van der Waals surface area contributed by atoms with E-state index in [0.29, 0.717) is 23.6 Å². The van der Waals surface area contributed by atoms with Gasteiger partial charge in [0.1, 0.15) is 5.82 Å². The van der Waals surface area contributed by atoms with Gasteiger partial charge in [-0.15, -0.1) is 11.3 Å². The lowest BCUT2D eigenvalue weighted by Gasteiger charge is -2.17. The highest BCUT2D eigenvalue weighted by Crippen LogP contribution is 2.33. The molecule has 0 aliphatic heterocycles. The fourth-order valence-corrected chi connectivity index (χ4v) is 4.70. The second-order valence-corrected chi connectivity index (χ2v) is 10.2. The first-order chi connectivity index (χ1) is 14.2. The summed E-state index contributed by atoms with van der Waals surface area (Å²) >= 11 is 3.07. The molecule has 4 aromatic rings. The fraction of sp³-hybridized carbons (Fsp3) is 0.350. The van der Waals surface area contributed by atoms with Crippen LogP contribution in [0.1, 0.15) is 39.2 Å². The molecule has 30 heavy (non-hydrogen) atoms. The van der Waals surface area contributed by atoms with Gasteiger partial charge in [0, 0.05) is 29.3 Å². The number of carbonyl (C=O) groups excluding carboxylic acids is 1. The number of aromatic nitrogens is 5. The molecule has 0 unspecified atom stereocenters. The minimum atomic E-state index is -0.456. The molecule has 8 nitrogen and oxygen atoms in total. The van der Waals surface area contributed by atoms with E-state index in [9.17, 15) is 9.59 Å². The Hall–Kier alpha value is -2.72. The molecule has 3 aromatic heterocycles. The van der Waals surface area contributed by atoms with Crippen molar-refractivity contribution < 1.29 is 4.79 Å². The summed E-state index contributed by atoms with van der Waals surface area (Å²) in [6.45, 7) is 7.61. The minimum absolute atomic E-state index is 0.0293. The number of nitrogens with one attached hydrogen (secondary N) is 2. The number of aromatic amines is 1. The number of nitrogens with zero attached hydrogens (tertiary/aromatic N) is 4. The molecule has 0 aliphatic carbocycles. The van der Waals surface area contributed by atoms with Crippen molar-refractivity contribution in [1.82, 2.24) is 24.6 Å². The van der Waals surface area contributed by atoms with Crippen LogP contribution < -0.4 is 10.9 Å². The van der Waals surface area contributed by atoms with Gasteiger partial charge >= 0.3 is 0 Å². The van der Waals surface area contributed by atoms with E-state index in [1.807, 2.05) is 45.9 Å². The maximum Gasteiger partial charge on any atom is 0.274 e. The first-order valence-electron chi connectivity index (χ1n) is 9.55. The lowest BCUT2D eigenvalue weighted by molar-refractivity contribution is -0.123. The Morgan fingerprint density at radius 2 is 2.03 bits per heavy atom. The van der Waals surface area contributed by atoms with Gasteiger partial charge in [0.05, 0.1) is 15.9 Å². The van der Waals surface area contributed by atoms with Gasteiger partial charge in [-0.25, -0.2) is 9.97 Å². The van der Waals surface area contributed by atoms with E-state index in [0.717, 1.165) is 26.1 Å². The largest absolute Gasteiger partial charge is 0.326 e. The summed E-state index contributed by atoms with van der Waals surface area (Å²) in [6, 6.07) is 7.22. The number of thioether (sulfide) groups is 1. The van der Waals surface area contributed by atoms with Crippen molar-refractivity contribution in [2.45, 2.75) is 44.2 Å². The van der Waals surface area contributed by atoms with Crippen molar-refractivity contribution in [3.05, 3.63) is 46.1 Å². The van der Waals surface area contributed by atoms with Crippen LogP contribution in [-0.4, -0.2) is 30.5 Å². The molecule has 0 fully saturated rings. The minimum Gasteiger partial charge on any atom is -0.326 e. The second-order valence-electron chi connectivity index (χ2n) is 7.90. The molecule has 0 saturated carbocycles. The number of hydrogen-bond donors (Lipinski definition) is 2. The Morgan fingerprint density at radius 3 is 2.77 bits per heavy atom. The average Bonchev–Trinajstić information content (AvgIpc) is 3.28. The van der Waals surface area contributed by atoms with Crippen LogP contribution in [0.3, 0.4) is 0 Å². The Bertz CT molecular complexity index is 1300. The summed E-state index contributed by atoms with van der Waals surface area (Å²) in [5.74, 6) is 1.61. The monoisotopic (exact) mass is 442 g/mol. The number of amides is 1. The third-order valence-corrected chi connectivity index (χ3v) is 6.61. The van der Waals surface area contributed by atoms with Crippen LogP contribution in [0.15, 0.2) is 33.4 Å². The lowest BCUT2D eigenvalue weighted by atomic mass is 9.95. The topological polar surface area (TPSA) is 105 Å². The molecule has 0 aliphatic rings. The third kappa shape index (κ3) is 4.24. The van der Waals surface area contributed by atoms with Gasteiger partial charge in [0.2, 0.25) is 5.91 Å². The van der Waals surface area contributed by atoms with Crippen LogP contribution in [0, 0.1) is 5.41 Å². The molecule has 156 valence electrons. The smallest absolute Gasteiger partial charge is 0.274 e. The first kappa shape index (κ1) is 20.5. The van der Waals surface area contributed by atoms with Crippen LogP contribution in [0.2, 0.25) is 0 Å². The molecule has 1 aromatic carbocycles. The van der Waals surface area contributed by atoms with E-state index >= 15 is 0 Å². The number of anilines is 1. The van der Waals surface area contributed by atoms with Gasteiger partial charge in [-0.1, -0.05) is 39.5 Å². The zero-order chi connectivity index (χ0) is 21.5. The van der Waals surface area contributed by atoms with Crippen LogP contribution in [0.4, 0.5) is 5.69 Å². The predicted octanol–water partition coefficient (Wildman–Crippen LogP) is 3.87. The summed E-state index contributed by atoms with van der Waals surface area (Å²) in [5, 5.41) is 5.89. The maximum atomic E-state index is 12.3. The van der Waals surface area contributed by atoms with E-state index in [2.05, 4.69) is 25.4 Å². The quantitative estimate of drug-likeness (QED) is 0.455. The standard InChI is InChI=1S/C20H22N6O2S2/c1-5-15-24-18-22-12(9-16(27)26(18)25-15)10-29-19-23-13-7-6-11(8-14(13)30-19)21-17(28)20(2,3)4/h6-9H,5,10H2,1-4H3,(H,21,28)(H,22,24,25). The molecular weight excluding hydrogens is 420 g/mol. The van der Waals surface area contributed by atoms with E-state index in [1.54, 1.807) is 11.3 Å². The highest BCUT2D eigenvalue weighted by Gasteiger charge is 2.21. The highest BCUT2D eigenvalue weighted by atomic mass is 32.2. The molecule has 3 heterocycles. The number of aryl methyl sites for hydroxylation is 1. The zero-order valence-electron chi connectivity index (χ0n) is 17.1. The van der Waals surface area contributed by atoms with Crippen LogP contribution in [0.25, 0.3) is 16.0 Å². The molecule has 0 bridgehead atoms. The molecule has 10 heteroatoms. The maximum absolute atomic E-state index is 12.3. The third-order valence-electron chi connectivity index (χ3n) is 4.42. The number of thiazole rings is 1. The van der Waals surface area contributed by atoms with Crippen LogP contribution in [0.5, 0.6) is 0 Å². The van der Waals surface area contributed by atoms with E-state index in [4.69, 9.17) is 0 Å². The normalized spacial score (nSPS) is 12.0. The van der Waals surface area contributed by atoms with Crippen LogP contribution >= 0.6 is 23.1 Å². The molecule has 0 radical (unpaired) electrons. The van der Waals surface area contributed by atoms with Crippen molar-refractivity contribution in [2.24, 2.45) is 5.41 Å². The molecule has 0 atom stereocenters. The van der Waals surface area contributed by atoms with Crippen molar-refractivity contribution >= 4 is 50.7 Å². The predicted molar refractivity (Wildman–Crippen MR) is 120 cm³/mol. The molecule has 0 saturated heterocycles. The first-order valence-corrected chi connectivity index (χ1v) is 11.4. The van der Waals surface area contributed by atoms with Gasteiger partial charge in [-0.2, -0.15) is 9.50 Å².